The average molecular weight is 574 g/mol. The Balaban J connectivity index is 0.000000431. The predicted octanol–water partition coefficient (Wildman–Crippen LogP) is 6.05. The van der Waals surface area contributed by atoms with Gasteiger partial charge in [0.2, 0.25) is 0 Å². The van der Waals surface area contributed by atoms with Crippen LogP contribution in [0, 0.1) is 5.82 Å². The standard InChI is InChI=1S/C29H30FNO3.C2HF3O2/c1-32-27-12-18-9-10-31(16-21(18)13-28(27)33-2)17-23-15-26-24-6-4-3-5-19(24)11-20-7-8-22(30)14-25(20)29(26)34-23;3-2(4,5)1(6)7/h3-8,12-14,23,26,29H,9-11,15-17H2,1-2H3;(H,6,7). The first-order valence-corrected chi connectivity index (χ1v) is 13.3. The quantitative estimate of drug-likeness (QED) is 0.383. The molecule has 1 fully saturated rings. The molecule has 3 unspecified atom stereocenters. The molecule has 3 aliphatic rings. The number of alkyl halides is 3. The number of carboxylic acid groups (broad SMARTS) is 1. The van der Waals surface area contributed by atoms with Crippen molar-refractivity contribution in [3.8, 4) is 11.5 Å². The average Bonchev–Trinajstić information content (AvgIpc) is 3.31. The molecule has 218 valence electrons. The van der Waals surface area contributed by atoms with Gasteiger partial charge < -0.3 is 19.3 Å². The minimum atomic E-state index is -5.08. The van der Waals surface area contributed by atoms with Crippen molar-refractivity contribution in [2.75, 3.05) is 27.3 Å². The number of halogens is 4. The van der Waals surface area contributed by atoms with Crippen LogP contribution in [0.15, 0.2) is 54.6 Å². The van der Waals surface area contributed by atoms with E-state index >= 15 is 0 Å². The van der Waals surface area contributed by atoms with Gasteiger partial charge in [-0.15, -0.1) is 0 Å². The van der Waals surface area contributed by atoms with E-state index in [1.807, 2.05) is 6.07 Å². The number of fused-ring (bicyclic) bond motifs is 6. The lowest BCUT2D eigenvalue weighted by Crippen LogP contribution is -2.36. The number of nitrogens with zero attached hydrogens (tertiary/aromatic N) is 1. The summed E-state index contributed by atoms with van der Waals surface area (Å²) in [5.74, 6) is -1.12. The van der Waals surface area contributed by atoms with Crippen molar-refractivity contribution in [3.63, 3.8) is 0 Å². The summed E-state index contributed by atoms with van der Waals surface area (Å²) < 4.78 is 63.7. The smallest absolute Gasteiger partial charge is 0.490 e. The topological polar surface area (TPSA) is 68.2 Å². The highest BCUT2D eigenvalue weighted by Crippen LogP contribution is 2.49. The van der Waals surface area contributed by atoms with Gasteiger partial charge in [-0.25, -0.2) is 9.18 Å². The summed E-state index contributed by atoms with van der Waals surface area (Å²) in [5.41, 5.74) is 7.49. The lowest BCUT2D eigenvalue weighted by Gasteiger charge is -2.31. The van der Waals surface area contributed by atoms with Crippen molar-refractivity contribution in [1.82, 2.24) is 4.90 Å². The van der Waals surface area contributed by atoms with Gasteiger partial charge in [-0.05, 0) is 76.9 Å². The Morgan fingerprint density at radius 2 is 1.63 bits per heavy atom. The molecule has 6 nitrogen and oxygen atoms in total. The number of hydrogen-bond donors (Lipinski definition) is 1. The van der Waals surface area contributed by atoms with Gasteiger partial charge in [-0.3, -0.25) is 4.90 Å². The fourth-order valence-corrected chi connectivity index (χ4v) is 6.10. The lowest BCUT2D eigenvalue weighted by atomic mass is 9.87. The van der Waals surface area contributed by atoms with Gasteiger partial charge >= 0.3 is 12.1 Å². The number of ether oxygens (including phenoxy) is 3. The third-order valence-electron chi connectivity index (χ3n) is 7.97. The van der Waals surface area contributed by atoms with Gasteiger partial charge in [0.15, 0.2) is 11.5 Å². The molecule has 2 aliphatic heterocycles. The van der Waals surface area contributed by atoms with Crippen LogP contribution in [0.4, 0.5) is 17.6 Å². The van der Waals surface area contributed by atoms with Crippen LogP contribution in [-0.2, 0) is 28.9 Å². The molecule has 2 heterocycles. The molecule has 0 saturated carbocycles. The SMILES string of the molecule is COc1cc2c(cc1OC)CN(CC1CC3c4ccccc4Cc4ccc(F)cc4C3O1)CC2.O=C(O)C(F)(F)F. The van der Waals surface area contributed by atoms with Gasteiger partial charge in [-0.1, -0.05) is 30.3 Å². The molecule has 1 aliphatic carbocycles. The largest absolute Gasteiger partial charge is 0.493 e. The van der Waals surface area contributed by atoms with Crippen LogP contribution in [0.25, 0.3) is 0 Å². The fraction of sp³-hybridized carbons (Fsp3) is 0.387. The van der Waals surface area contributed by atoms with E-state index in [1.165, 1.54) is 27.8 Å². The first-order chi connectivity index (χ1) is 19.6. The van der Waals surface area contributed by atoms with Crippen LogP contribution in [-0.4, -0.2) is 55.6 Å². The zero-order chi connectivity index (χ0) is 29.3. The van der Waals surface area contributed by atoms with E-state index in [0.29, 0.717) is 0 Å². The lowest BCUT2D eigenvalue weighted by molar-refractivity contribution is -0.192. The van der Waals surface area contributed by atoms with E-state index in [0.717, 1.165) is 56.0 Å². The number of aliphatic carboxylic acids is 1. The second kappa shape index (κ2) is 11.7. The molecule has 3 atom stereocenters. The maximum atomic E-state index is 14.3. The van der Waals surface area contributed by atoms with Crippen LogP contribution >= 0.6 is 0 Å². The molecule has 1 saturated heterocycles. The van der Waals surface area contributed by atoms with Crippen molar-refractivity contribution >= 4 is 5.97 Å². The number of hydrogen-bond acceptors (Lipinski definition) is 5. The van der Waals surface area contributed by atoms with Crippen LogP contribution in [0.1, 0.15) is 51.8 Å². The summed E-state index contributed by atoms with van der Waals surface area (Å²) in [7, 11) is 3.36. The maximum absolute atomic E-state index is 14.3. The summed E-state index contributed by atoms with van der Waals surface area (Å²) in [6, 6.07) is 18.1. The molecule has 0 radical (unpaired) electrons. The Morgan fingerprint density at radius 3 is 2.32 bits per heavy atom. The first kappa shape index (κ1) is 28.9. The molecule has 1 N–H and O–H groups in total. The first-order valence-electron chi connectivity index (χ1n) is 13.3. The Kier molecular flexibility index (Phi) is 8.24. The molecule has 10 heteroatoms. The fourth-order valence-electron chi connectivity index (χ4n) is 6.10. The second-order valence-electron chi connectivity index (χ2n) is 10.5. The minimum Gasteiger partial charge on any atom is -0.493 e. The van der Waals surface area contributed by atoms with E-state index in [-0.39, 0.29) is 23.9 Å². The molecule has 3 aromatic rings. The van der Waals surface area contributed by atoms with Crippen LogP contribution in [0.3, 0.4) is 0 Å². The summed E-state index contributed by atoms with van der Waals surface area (Å²) in [5, 5.41) is 7.12. The third kappa shape index (κ3) is 6.18. The maximum Gasteiger partial charge on any atom is 0.490 e. The molecule has 6 rings (SSSR count). The van der Waals surface area contributed by atoms with Crippen molar-refractivity contribution in [3.05, 3.63) is 93.8 Å². The third-order valence-corrected chi connectivity index (χ3v) is 7.97. The van der Waals surface area contributed by atoms with Gasteiger partial charge in [0.25, 0.3) is 0 Å². The Hall–Kier alpha value is -3.63. The molecular weight excluding hydrogens is 542 g/mol. The zero-order valence-corrected chi connectivity index (χ0v) is 22.7. The Bertz CT molecular complexity index is 1430. The number of carbonyl (C=O) groups is 1. The molecule has 0 spiro atoms. The monoisotopic (exact) mass is 573 g/mol. The van der Waals surface area contributed by atoms with Crippen molar-refractivity contribution < 1.29 is 41.7 Å². The second-order valence-corrected chi connectivity index (χ2v) is 10.5. The van der Waals surface area contributed by atoms with Crippen molar-refractivity contribution in [2.45, 2.75) is 50.1 Å². The van der Waals surface area contributed by atoms with E-state index in [9.17, 15) is 17.6 Å². The summed E-state index contributed by atoms with van der Waals surface area (Å²) >= 11 is 0. The van der Waals surface area contributed by atoms with Gasteiger partial charge in [-0.2, -0.15) is 13.2 Å². The van der Waals surface area contributed by atoms with Crippen LogP contribution in [0.2, 0.25) is 0 Å². The highest BCUT2D eigenvalue weighted by atomic mass is 19.4. The van der Waals surface area contributed by atoms with E-state index in [2.05, 4.69) is 41.3 Å². The molecule has 0 aromatic heterocycles. The Morgan fingerprint density at radius 1 is 0.976 bits per heavy atom. The van der Waals surface area contributed by atoms with E-state index < -0.39 is 12.1 Å². The summed E-state index contributed by atoms with van der Waals surface area (Å²) in [6.07, 6.45) is -2.31. The van der Waals surface area contributed by atoms with Crippen LogP contribution in [0.5, 0.6) is 11.5 Å². The minimum absolute atomic E-state index is 0.0965. The Labute approximate surface area is 235 Å². The summed E-state index contributed by atoms with van der Waals surface area (Å²) in [4.78, 5) is 11.4. The molecular formula is C31H31F4NO5. The number of rotatable bonds is 4. The van der Waals surface area contributed by atoms with Crippen LogP contribution < -0.4 is 9.47 Å². The molecule has 0 amide bonds. The summed E-state index contributed by atoms with van der Waals surface area (Å²) in [6.45, 7) is 2.72. The highest BCUT2D eigenvalue weighted by molar-refractivity contribution is 5.73. The number of methoxy groups -OCH3 is 2. The van der Waals surface area contributed by atoms with Gasteiger partial charge in [0.05, 0.1) is 26.4 Å². The van der Waals surface area contributed by atoms with Crippen molar-refractivity contribution in [1.29, 1.82) is 0 Å². The number of carboxylic acids is 1. The molecule has 3 aromatic carbocycles. The zero-order valence-electron chi connectivity index (χ0n) is 22.7. The normalized spacial score (nSPS) is 21.3. The van der Waals surface area contributed by atoms with Crippen molar-refractivity contribution in [2.24, 2.45) is 0 Å². The van der Waals surface area contributed by atoms with Gasteiger partial charge in [0, 0.05) is 25.6 Å². The molecule has 41 heavy (non-hydrogen) atoms. The van der Waals surface area contributed by atoms with E-state index in [1.54, 1.807) is 26.4 Å². The van der Waals surface area contributed by atoms with Gasteiger partial charge in [0.1, 0.15) is 5.82 Å². The number of benzene rings is 3. The van der Waals surface area contributed by atoms with E-state index in [4.69, 9.17) is 24.1 Å². The predicted molar refractivity (Wildman–Crippen MR) is 143 cm³/mol. The highest BCUT2D eigenvalue weighted by Gasteiger charge is 2.41. The molecule has 0 bridgehead atoms.